The Morgan fingerprint density at radius 2 is 1.77 bits per heavy atom. The summed E-state index contributed by atoms with van der Waals surface area (Å²) in [6.07, 6.45) is 1.28. The van der Waals surface area contributed by atoms with Crippen molar-refractivity contribution < 1.29 is 29.6 Å². The Kier molecular flexibility index (Phi) is 8.91. The van der Waals surface area contributed by atoms with Crippen LogP contribution in [-0.2, 0) is 16.0 Å². The first-order chi connectivity index (χ1) is 14.3. The van der Waals surface area contributed by atoms with Gasteiger partial charge in [0.25, 0.3) is 0 Å². The molecule has 8 heteroatoms. The number of hydrogen-bond donors (Lipinski definition) is 3. The van der Waals surface area contributed by atoms with E-state index >= 15 is 0 Å². The minimum absolute atomic E-state index is 0.483. The van der Waals surface area contributed by atoms with E-state index in [1.165, 1.54) is 10.5 Å². The van der Waals surface area contributed by atoms with Gasteiger partial charge >= 0.3 is 11.9 Å². The van der Waals surface area contributed by atoms with Crippen LogP contribution < -0.4 is 4.74 Å². The predicted molar refractivity (Wildman–Crippen MR) is 114 cm³/mol. The summed E-state index contributed by atoms with van der Waals surface area (Å²) in [6.45, 7) is 1.51. The summed E-state index contributed by atoms with van der Waals surface area (Å²) < 4.78 is 5.96. The van der Waals surface area contributed by atoms with Crippen LogP contribution in [0.25, 0.3) is 0 Å². The summed E-state index contributed by atoms with van der Waals surface area (Å²) in [5, 5.41) is 26.2. The second kappa shape index (κ2) is 11.4. The second-order valence-electron chi connectivity index (χ2n) is 6.77. The van der Waals surface area contributed by atoms with Crippen molar-refractivity contribution in [1.82, 2.24) is 4.90 Å². The lowest BCUT2D eigenvalue weighted by Crippen LogP contribution is -2.19. The third-order valence-corrected chi connectivity index (χ3v) is 5.39. The lowest BCUT2D eigenvalue weighted by atomic mass is 10.0. The van der Waals surface area contributed by atoms with Gasteiger partial charge in [0.1, 0.15) is 12.4 Å². The van der Waals surface area contributed by atoms with Crippen LogP contribution in [0.4, 0.5) is 0 Å². The Morgan fingerprint density at radius 1 is 1.10 bits per heavy atom. The van der Waals surface area contributed by atoms with Gasteiger partial charge in [0.2, 0.25) is 0 Å². The average Bonchev–Trinajstić information content (AvgIpc) is 2.83. The molecule has 0 aliphatic carbocycles. The summed E-state index contributed by atoms with van der Waals surface area (Å²) in [5.74, 6) is -1.65. The summed E-state index contributed by atoms with van der Waals surface area (Å²) in [6, 6.07) is 14.2. The molecule has 1 aliphatic heterocycles. The van der Waals surface area contributed by atoms with E-state index in [4.69, 9.17) is 14.9 Å². The van der Waals surface area contributed by atoms with E-state index in [1.54, 1.807) is 11.8 Å². The number of hydrogen-bond acceptors (Lipinski definition) is 6. The molecule has 0 amide bonds. The molecule has 0 saturated carbocycles. The lowest BCUT2D eigenvalue weighted by molar-refractivity contribution is -0.134. The van der Waals surface area contributed by atoms with E-state index in [9.17, 15) is 14.7 Å². The molecule has 30 heavy (non-hydrogen) atoms. The zero-order chi connectivity index (χ0) is 22.1. The number of fused-ring (bicyclic) bond motifs is 2. The highest BCUT2D eigenvalue weighted by molar-refractivity contribution is 7.99. The summed E-state index contributed by atoms with van der Waals surface area (Å²) in [4.78, 5) is 23.4. The predicted octanol–water partition coefficient (Wildman–Crippen LogP) is 3.08. The quantitative estimate of drug-likeness (QED) is 0.599. The number of carboxylic acids is 2. The van der Waals surface area contributed by atoms with Crippen LogP contribution in [-0.4, -0.2) is 59.4 Å². The van der Waals surface area contributed by atoms with Gasteiger partial charge in [0, 0.05) is 30.0 Å². The summed E-state index contributed by atoms with van der Waals surface area (Å²) in [5.41, 5.74) is 2.15. The van der Waals surface area contributed by atoms with E-state index in [0.29, 0.717) is 25.2 Å². The average molecular weight is 432 g/mol. The molecule has 1 atom stereocenters. The highest BCUT2D eigenvalue weighted by Gasteiger charge is 2.23. The molecule has 2 aromatic rings. The Labute approximate surface area is 179 Å². The van der Waals surface area contributed by atoms with Crippen LogP contribution in [0.3, 0.4) is 0 Å². The number of ether oxygens (including phenoxy) is 1. The largest absolute Gasteiger partial charge is 0.491 e. The van der Waals surface area contributed by atoms with Gasteiger partial charge in [0.15, 0.2) is 0 Å². The van der Waals surface area contributed by atoms with Gasteiger partial charge in [-0.1, -0.05) is 42.1 Å². The molecule has 3 N–H and O–H groups in total. The van der Waals surface area contributed by atoms with E-state index in [2.05, 4.69) is 17.0 Å². The highest BCUT2D eigenvalue weighted by Crippen LogP contribution is 2.45. The van der Waals surface area contributed by atoms with Gasteiger partial charge in [-0.25, -0.2) is 9.59 Å². The van der Waals surface area contributed by atoms with Gasteiger partial charge < -0.3 is 25.0 Å². The molecule has 0 saturated heterocycles. The van der Waals surface area contributed by atoms with Gasteiger partial charge in [-0.05, 0) is 37.4 Å². The maximum absolute atomic E-state index is 10.5. The van der Waals surface area contributed by atoms with Crippen molar-refractivity contribution in [1.29, 1.82) is 0 Å². The molecule has 1 heterocycles. The minimum Gasteiger partial charge on any atom is -0.491 e. The van der Waals surface area contributed by atoms with Crippen LogP contribution in [0.1, 0.15) is 17.2 Å². The van der Waals surface area contributed by atoms with Crippen molar-refractivity contribution in [3.63, 3.8) is 0 Å². The fourth-order valence-electron chi connectivity index (χ4n) is 2.70. The minimum atomic E-state index is -1.26. The topological polar surface area (TPSA) is 107 Å². The number of aliphatic hydroxyl groups excluding tert-OH is 1. The summed E-state index contributed by atoms with van der Waals surface area (Å²) in [7, 11) is 4.06. The van der Waals surface area contributed by atoms with E-state index in [-0.39, 0.29) is 0 Å². The Bertz CT molecular complexity index is 896. The van der Waals surface area contributed by atoms with E-state index in [0.717, 1.165) is 22.8 Å². The molecule has 2 aromatic carbocycles. The molecule has 160 valence electrons. The van der Waals surface area contributed by atoms with Crippen molar-refractivity contribution in [3.05, 3.63) is 65.7 Å². The number of benzene rings is 2. The molecule has 0 bridgehead atoms. The van der Waals surface area contributed by atoms with Crippen molar-refractivity contribution in [2.75, 3.05) is 27.2 Å². The highest BCUT2D eigenvalue weighted by atomic mass is 32.2. The Morgan fingerprint density at radius 3 is 2.40 bits per heavy atom. The molecular formula is C22H25NO6S. The number of carbonyl (C=O) groups is 2. The zero-order valence-corrected chi connectivity index (χ0v) is 17.6. The van der Waals surface area contributed by atoms with Gasteiger partial charge in [-0.15, -0.1) is 0 Å². The van der Waals surface area contributed by atoms with Crippen molar-refractivity contribution >= 4 is 23.7 Å². The van der Waals surface area contributed by atoms with Gasteiger partial charge in [-0.2, -0.15) is 0 Å². The van der Waals surface area contributed by atoms with E-state index in [1.807, 2.05) is 44.4 Å². The van der Waals surface area contributed by atoms with Crippen LogP contribution in [0, 0.1) is 0 Å². The number of carboxylic acid groups (broad SMARTS) is 2. The van der Waals surface area contributed by atoms with Crippen molar-refractivity contribution in [2.45, 2.75) is 22.3 Å². The molecule has 1 unspecified atom stereocenters. The van der Waals surface area contributed by atoms with Gasteiger partial charge in [0.05, 0.1) is 11.0 Å². The SMILES string of the molecule is CN(C)CCOc1cccc2c1Sc1ccccc1CC2O.O=C(O)C=CC(=O)O. The molecule has 0 radical (unpaired) electrons. The molecule has 1 aliphatic rings. The molecule has 3 rings (SSSR count). The fourth-order valence-corrected chi connectivity index (χ4v) is 3.90. The summed E-state index contributed by atoms with van der Waals surface area (Å²) >= 11 is 1.69. The Hall–Kier alpha value is -2.81. The third-order valence-electron chi connectivity index (χ3n) is 4.13. The van der Waals surface area contributed by atoms with Crippen LogP contribution >= 0.6 is 11.8 Å². The maximum atomic E-state index is 10.5. The second-order valence-corrected chi connectivity index (χ2v) is 7.82. The number of aliphatic hydroxyl groups is 1. The van der Waals surface area contributed by atoms with E-state index < -0.39 is 18.0 Å². The monoisotopic (exact) mass is 431 g/mol. The molecule has 7 nitrogen and oxygen atoms in total. The lowest BCUT2D eigenvalue weighted by Gasteiger charge is -2.17. The molecule has 0 fully saturated rings. The standard InChI is InChI=1S/C18H21NO2S.C4H4O4/c1-19(2)10-11-21-16-8-5-7-14-15(20)12-13-6-3-4-9-17(13)22-18(14)16;5-3(6)1-2-4(7)8/h3-9,15,20H,10-12H2,1-2H3;1-2H,(H,5,6)(H,7,8). The molecular weight excluding hydrogens is 406 g/mol. The number of rotatable bonds is 6. The van der Waals surface area contributed by atoms with Crippen LogP contribution in [0.15, 0.2) is 64.4 Å². The Balaban J connectivity index is 0.000000343. The first-order valence-electron chi connectivity index (χ1n) is 9.26. The van der Waals surface area contributed by atoms with Crippen molar-refractivity contribution in [2.24, 2.45) is 0 Å². The third kappa shape index (κ3) is 7.22. The first-order valence-corrected chi connectivity index (χ1v) is 10.1. The molecule has 0 spiro atoms. The first kappa shape index (κ1) is 23.5. The maximum Gasteiger partial charge on any atom is 0.328 e. The fraction of sp³-hybridized carbons (Fsp3) is 0.273. The van der Waals surface area contributed by atoms with Crippen LogP contribution in [0.5, 0.6) is 5.75 Å². The number of aliphatic carboxylic acids is 2. The van der Waals surface area contributed by atoms with Gasteiger partial charge in [-0.3, -0.25) is 0 Å². The van der Waals surface area contributed by atoms with Crippen molar-refractivity contribution in [3.8, 4) is 5.75 Å². The molecule has 0 aromatic heterocycles. The number of nitrogens with zero attached hydrogens (tertiary/aromatic N) is 1. The zero-order valence-electron chi connectivity index (χ0n) is 16.8. The number of likely N-dealkylation sites (N-methyl/N-ethyl adjacent to an activating group) is 1. The van der Waals surface area contributed by atoms with Crippen LogP contribution in [0.2, 0.25) is 0 Å². The smallest absolute Gasteiger partial charge is 0.328 e. The normalized spacial score (nSPS) is 14.9.